The normalized spacial score (nSPS) is 17.8. The van der Waals surface area contributed by atoms with Gasteiger partial charge in [0, 0.05) is 12.5 Å². The van der Waals surface area contributed by atoms with Crippen LogP contribution in [0.1, 0.15) is 30.4 Å². The van der Waals surface area contributed by atoms with Gasteiger partial charge in [-0.25, -0.2) is 0 Å². The van der Waals surface area contributed by atoms with Crippen molar-refractivity contribution in [3.05, 3.63) is 59.7 Å². The molecule has 140 valence electrons. The predicted octanol–water partition coefficient (Wildman–Crippen LogP) is 4.59. The summed E-state index contributed by atoms with van der Waals surface area (Å²) in [6, 6.07) is 16.9. The van der Waals surface area contributed by atoms with Gasteiger partial charge in [0.15, 0.2) is 0 Å². The minimum atomic E-state index is 0.651. The van der Waals surface area contributed by atoms with E-state index < -0.39 is 0 Å². The molecule has 0 N–H and O–H groups in total. The van der Waals surface area contributed by atoms with E-state index in [1.807, 2.05) is 6.07 Å². The van der Waals surface area contributed by atoms with E-state index in [1.54, 1.807) is 7.11 Å². The highest BCUT2D eigenvalue weighted by molar-refractivity contribution is 5.34. The Morgan fingerprint density at radius 1 is 1.08 bits per heavy atom. The van der Waals surface area contributed by atoms with Crippen LogP contribution in [0, 0.1) is 5.92 Å². The van der Waals surface area contributed by atoms with Gasteiger partial charge in [-0.05, 0) is 75.0 Å². The Kier molecular flexibility index (Phi) is 6.96. The summed E-state index contributed by atoms with van der Waals surface area (Å²) in [6.45, 7) is 3.20. The Balaban J connectivity index is 1.51. The van der Waals surface area contributed by atoms with Gasteiger partial charge in [-0.2, -0.15) is 0 Å². The maximum Gasteiger partial charge on any atom is 0.122 e. The summed E-state index contributed by atoms with van der Waals surface area (Å²) in [5.74, 6) is 2.65. The highest BCUT2D eigenvalue weighted by Gasteiger charge is 2.18. The van der Waals surface area contributed by atoms with Gasteiger partial charge in [-0.1, -0.05) is 30.3 Å². The van der Waals surface area contributed by atoms with Gasteiger partial charge in [0.2, 0.25) is 0 Å². The molecule has 1 fully saturated rings. The first-order chi connectivity index (χ1) is 12.7. The van der Waals surface area contributed by atoms with Crippen molar-refractivity contribution in [2.24, 2.45) is 5.92 Å². The van der Waals surface area contributed by atoms with Gasteiger partial charge >= 0.3 is 0 Å². The summed E-state index contributed by atoms with van der Waals surface area (Å²) in [5.41, 5.74) is 2.65. The molecule has 0 radical (unpaired) electrons. The van der Waals surface area contributed by atoms with Crippen molar-refractivity contribution in [3.63, 3.8) is 0 Å². The molecule has 2 aromatic carbocycles. The Hall–Kier alpha value is -2.00. The number of ether oxygens (including phenoxy) is 2. The van der Waals surface area contributed by atoms with Crippen molar-refractivity contribution in [1.82, 2.24) is 4.90 Å². The monoisotopic (exact) mass is 353 g/mol. The predicted molar refractivity (Wildman–Crippen MR) is 107 cm³/mol. The van der Waals surface area contributed by atoms with Crippen molar-refractivity contribution < 1.29 is 9.47 Å². The Labute approximate surface area is 157 Å². The van der Waals surface area contributed by atoms with Gasteiger partial charge in [-0.3, -0.25) is 0 Å². The van der Waals surface area contributed by atoms with Gasteiger partial charge in [0.05, 0.1) is 13.7 Å². The molecule has 26 heavy (non-hydrogen) atoms. The number of hydrogen-bond acceptors (Lipinski definition) is 3. The molecule has 1 unspecified atom stereocenters. The largest absolute Gasteiger partial charge is 0.497 e. The summed E-state index contributed by atoms with van der Waals surface area (Å²) < 4.78 is 11.5. The van der Waals surface area contributed by atoms with E-state index in [4.69, 9.17) is 9.47 Å². The van der Waals surface area contributed by atoms with E-state index in [-0.39, 0.29) is 0 Å². The van der Waals surface area contributed by atoms with Gasteiger partial charge < -0.3 is 14.4 Å². The molecule has 1 aliphatic heterocycles. The SMILES string of the molecule is COc1cccc(CCCc2ccccc2OCC2CCCN(C)C2)c1. The third kappa shape index (κ3) is 5.50. The summed E-state index contributed by atoms with van der Waals surface area (Å²) in [5, 5.41) is 0. The third-order valence-corrected chi connectivity index (χ3v) is 5.21. The lowest BCUT2D eigenvalue weighted by atomic mass is 9.99. The van der Waals surface area contributed by atoms with Crippen molar-refractivity contribution in [3.8, 4) is 11.5 Å². The molecular weight excluding hydrogens is 322 g/mol. The molecule has 1 heterocycles. The van der Waals surface area contributed by atoms with Crippen molar-refractivity contribution in [2.45, 2.75) is 32.1 Å². The molecule has 0 bridgehead atoms. The lowest BCUT2D eigenvalue weighted by Gasteiger charge is -2.29. The van der Waals surface area contributed by atoms with Gasteiger partial charge in [0.25, 0.3) is 0 Å². The number of aryl methyl sites for hydroxylation is 2. The first kappa shape index (κ1) is 18.8. The van der Waals surface area contributed by atoms with Crippen LogP contribution >= 0.6 is 0 Å². The molecule has 1 atom stereocenters. The molecule has 3 nitrogen and oxygen atoms in total. The van der Waals surface area contributed by atoms with Crippen LogP contribution < -0.4 is 9.47 Å². The smallest absolute Gasteiger partial charge is 0.122 e. The number of para-hydroxylation sites is 1. The third-order valence-electron chi connectivity index (χ3n) is 5.21. The van der Waals surface area contributed by atoms with E-state index in [0.29, 0.717) is 5.92 Å². The van der Waals surface area contributed by atoms with E-state index in [1.165, 1.54) is 30.5 Å². The lowest BCUT2D eigenvalue weighted by Crippen LogP contribution is -2.34. The molecule has 1 aliphatic rings. The molecule has 0 spiro atoms. The van der Waals surface area contributed by atoms with E-state index >= 15 is 0 Å². The van der Waals surface area contributed by atoms with Crippen LogP contribution in [0.25, 0.3) is 0 Å². The van der Waals surface area contributed by atoms with E-state index in [0.717, 1.165) is 43.9 Å². The number of nitrogens with zero attached hydrogens (tertiary/aromatic N) is 1. The highest BCUT2D eigenvalue weighted by atomic mass is 16.5. The van der Waals surface area contributed by atoms with Crippen LogP contribution in [0.15, 0.2) is 48.5 Å². The molecular formula is C23H31NO2. The summed E-state index contributed by atoms with van der Waals surface area (Å²) in [7, 11) is 3.93. The summed E-state index contributed by atoms with van der Waals surface area (Å²) >= 11 is 0. The fourth-order valence-electron chi connectivity index (χ4n) is 3.78. The standard InChI is InChI=1S/C23H31NO2/c1-24-15-7-10-20(17-24)18-26-23-14-4-3-11-21(23)12-5-8-19-9-6-13-22(16-19)25-2/h3-4,6,9,11,13-14,16,20H,5,7-8,10,12,15,17-18H2,1-2H3. The Morgan fingerprint density at radius 3 is 2.81 bits per heavy atom. The number of hydrogen-bond donors (Lipinski definition) is 0. The topological polar surface area (TPSA) is 21.7 Å². The average Bonchev–Trinajstić information content (AvgIpc) is 2.67. The second-order valence-corrected chi connectivity index (χ2v) is 7.39. The average molecular weight is 354 g/mol. The maximum atomic E-state index is 6.22. The molecule has 3 heteroatoms. The summed E-state index contributed by atoms with van der Waals surface area (Å²) in [6.07, 6.45) is 5.77. The molecule has 1 saturated heterocycles. The fourth-order valence-corrected chi connectivity index (χ4v) is 3.78. The Morgan fingerprint density at radius 2 is 1.96 bits per heavy atom. The van der Waals surface area contributed by atoms with Crippen molar-refractivity contribution in [1.29, 1.82) is 0 Å². The van der Waals surface area contributed by atoms with E-state index in [9.17, 15) is 0 Å². The van der Waals surface area contributed by atoms with Crippen LogP contribution in [-0.2, 0) is 12.8 Å². The van der Waals surface area contributed by atoms with Crippen LogP contribution in [0.3, 0.4) is 0 Å². The van der Waals surface area contributed by atoms with Crippen LogP contribution in [-0.4, -0.2) is 38.8 Å². The van der Waals surface area contributed by atoms with Gasteiger partial charge in [-0.15, -0.1) is 0 Å². The lowest BCUT2D eigenvalue weighted by molar-refractivity contribution is 0.150. The van der Waals surface area contributed by atoms with Crippen molar-refractivity contribution in [2.75, 3.05) is 33.9 Å². The molecule has 0 aromatic heterocycles. The molecule has 0 aliphatic carbocycles. The number of rotatable bonds is 8. The minimum Gasteiger partial charge on any atom is -0.497 e. The Bertz CT molecular complexity index is 685. The molecule has 3 rings (SSSR count). The minimum absolute atomic E-state index is 0.651. The summed E-state index contributed by atoms with van der Waals surface area (Å²) in [4.78, 5) is 2.41. The second kappa shape index (κ2) is 9.63. The number of piperidine rings is 1. The zero-order valence-electron chi connectivity index (χ0n) is 16.1. The first-order valence-corrected chi connectivity index (χ1v) is 9.77. The van der Waals surface area contributed by atoms with Crippen molar-refractivity contribution >= 4 is 0 Å². The highest BCUT2D eigenvalue weighted by Crippen LogP contribution is 2.23. The quantitative estimate of drug-likeness (QED) is 0.693. The van der Waals surface area contributed by atoms with Crippen LogP contribution in [0.2, 0.25) is 0 Å². The maximum absolute atomic E-state index is 6.22. The first-order valence-electron chi connectivity index (χ1n) is 9.77. The van der Waals surface area contributed by atoms with Crippen LogP contribution in [0.4, 0.5) is 0 Å². The van der Waals surface area contributed by atoms with Gasteiger partial charge in [0.1, 0.15) is 11.5 Å². The van der Waals surface area contributed by atoms with E-state index in [2.05, 4.69) is 54.4 Å². The zero-order chi connectivity index (χ0) is 18.2. The second-order valence-electron chi connectivity index (χ2n) is 7.39. The molecule has 0 saturated carbocycles. The number of benzene rings is 2. The number of likely N-dealkylation sites (tertiary alicyclic amines) is 1. The zero-order valence-corrected chi connectivity index (χ0v) is 16.1. The fraction of sp³-hybridized carbons (Fsp3) is 0.478. The molecule has 0 amide bonds. The molecule has 2 aromatic rings. The van der Waals surface area contributed by atoms with Crippen LogP contribution in [0.5, 0.6) is 11.5 Å². The number of methoxy groups -OCH3 is 1.